The molecule has 0 aliphatic carbocycles. The predicted octanol–water partition coefficient (Wildman–Crippen LogP) is 3.08. The van der Waals surface area contributed by atoms with Crippen molar-refractivity contribution in [2.75, 3.05) is 32.8 Å². The van der Waals surface area contributed by atoms with Gasteiger partial charge in [-0.15, -0.1) is 0 Å². The van der Waals surface area contributed by atoms with Crippen LogP contribution < -0.4 is 10.1 Å². The number of nitrogens with zero attached hydrogens (tertiary/aromatic N) is 1. The number of nitrogens with one attached hydrogen (secondary N) is 1. The molecule has 0 unspecified atom stereocenters. The summed E-state index contributed by atoms with van der Waals surface area (Å²) in [6, 6.07) is 7.49. The van der Waals surface area contributed by atoms with E-state index >= 15 is 0 Å². The van der Waals surface area contributed by atoms with E-state index in [1.165, 1.54) is 25.9 Å². The van der Waals surface area contributed by atoms with Gasteiger partial charge in [-0.1, -0.05) is 25.5 Å². The Kier molecular flexibility index (Phi) is 7.23. The fraction of sp³-hybridized carbons (Fsp3) is 0.611. The van der Waals surface area contributed by atoms with Gasteiger partial charge in [0, 0.05) is 6.54 Å². The highest BCUT2D eigenvalue weighted by molar-refractivity contribution is 5.96. The average molecular weight is 304 g/mol. The van der Waals surface area contributed by atoms with Crippen molar-refractivity contribution in [3.63, 3.8) is 0 Å². The van der Waals surface area contributed by atoms with Crippen LogP contribution in [-0.2, 0) is 0 Å². The van der Waals surface area contributed by atoms with Gasteiger partial charge in [-0.05, 0) is 57.5 Å². The third-order valence-corrected chi connectivity index (χ3v) is 4.02. The van der Waals surface area contributed by atoms with Crippen LogP contribution in [0.1, 0.15) is 49.4 Å². The second-order valence-electron chi connectivity index (χ2n) is 5.86. The zero-order valence-corrected chi connectivity index (χ0v) is 13.6. The third kappa shape index (κ3) is 5.34. The molecule has 1 saturated heterocycles. The lowest BCUT2D eigenvalue weighted by molar-refractivity contribution is 0.0948. The van der Waals surface area contributed by atoms with E-state index in [1.54, 1.807) is 0 Å². The van der Waals surface area contributed by atoms with Crippen LogP contribution in [0.2, 0.25) is 0 Å². The highest BCUT2D eigenvalue weighted by atomic mass is 16.5. The van der Waals surface area contributed by atoms with Crippen LogP contribution >= 0.6 is 0 Å². The van der Waals surface area contributed by atoms with E-state index in [-0.39, 0.29) is 5.91 Å². The molecule has 0 aromatic heterocycles. The van der Waals surface area contributed by atoms with E-state index < -0.39 is 0 Å². The number of unbranched alkanes of at least 4 members (excludes halogenated alkanes) is 1. The van der Waals surface area contributed by atoms with Gasteiger partial charge in [0.15, 0.2) is 0 Å². The number of carbonyl (C=O) groups is 1. The molecule has 0 spiro atoms. The minimum Gasteiger partial charge on any atom is -0.493 e. The van der Waals surface area contributed by atoms with Gasteiger partial charge in [-0.2, -0.15) is 0 Å². The lowest BCUT2D eigenvalue weighted by atomic mass is 10.2. The highest BCUT2D eigenvalue weighted by Gasteiger charge is 2.13. The summed E-state index contributed by atoms with van der Waals surface area (Å²) in [6.45, 7) is 7.01. The number of amides is 1. The molecule has 1 amide bonds. The summed E-state index contributed by atoms with van der Waals surface area (Å²) in [7, 11) is 0. The summed E-state index contributed by atoms with van der Waals surface area (Å²) >= 11 is 0. The Morgan fingerprint density at radius 2 is 2.00 bits per heavy atom. The molecule has 1 N–H and O–H groups in total. The molecule has 4 heteroatoms. The Bertz CT molecular complexity index is 456. The van der Waals surface area contributed by atoms with E-state index in [0.29, 0.717) is 17.9 Å². The lowest BCUT2D eigenvalue weighted by Gasteiger charge is -2.15. The van der Waals surface area contributed by atoms with Crippen molar-refractivity contribution in [3.8, 4) is 5.75 Å². The molecule has 2 rings (SSSR count). The summed E-state index contributed by atoms with van der Waals surface area (Å²) in [6.07, 6.45) is 5.73. The number of ether oxygens (including phenoxy) is 1. The maximum absolute atomic E-state index is 12.3. The van der Waals surface area contributed by atoms with Crippen molar-refractivity contribution in [2.24, 2.45) is 0 Å². The number of rotatable bonds is 9. The number of carbonyl (C=O) groups excluding carboxylic acids is 1. The Labute approximate surface area is 133 Å². The summed E-state index contributed by atoms with van der Waals surface area (Å²) in [5.74, 6) is 0.654. The molecule has 1 aromatic carbocycles. The number of para-hydroxylation sites is 1. The zero-order valence-electron chi connectivity index (χ0n) is 13.6. The molecule has 1 heterocycles. The van der Waals surface area contributed by atoms with Crippen LogP contribution in [0.25, 0.3) is 0 Å². The van der Waals surface area contributed by atoms with Crippen LogP contribution in [0.3, 0.4) is 0 Å². The van der Waals surface area contributed by atoms with E-state index in [4.69, 9.17) is 4.74 Å². The third-order valence-electron chi connectivity index (χ3n) is 4.02. The molecular formula is C18H28N2O2. The molecule has 0 saturated carbocycles. The fourth-order valence-electron chi connectivity index (χ4n) is 2.71. The summed E-state index contributed by atoms with van der Waals surface area (Å²) in [5, 5.41) is 3.01. The largest absolute Gasteiger partial charge is 0.493 e. The maximum Gasteiger partial charge on any atom is 0.255 e. The van der Waals surface area contributed by atoms with Gasteiger partial charge in [-0.25, -0.2) is 0 Å². The van der Waals surface area contributed by atoms with Gasteiger partial charge >= 0.3 is 0 Å². The second-order valence-corrected chi connectivity index (χ2v) is 5.86. The number of likely N-dealkylation sites (tertiary alicyclic amines) is 1. The van der Waals surface area contributed by atoms with Crippen molar-refractivity contribution in [1.29, 1.82) is 0 Å². The van der Waals surface area contributed by atoms with Crippen LogP contribution in [0.5, 0.6) is 5.75 Å². The molecule has 0 atom stereocenters. The van der Waals surface area contributed by atoms with E-state index in [2.05, 4.69) is 17.1 Å². The first-order valence-corrected chi connectivity index (χ1v) is 8.53. The normalized spacial score (nSPS) is 15.0. The molecule has 1 fully saturated rings. The van der Waals surface area contributed by atoms with E-state index in [9.17, 15) is 4.79 Å². The van der Waals surface area contributed by atoms with Gasteiger partial charge in [0.2, 0.25) is 0 Å². The molecular weight excluding hydrogens is 276 g/mol. The van der Waals surface area contributed by atoms with Crippen molar-refractivity contribution in [2.45, 2.75) is 39.0 Å². The Hall–Kier alpha value is -1.55. The van der Waals surface area contributed by atoms with Crippen molar-refractivity contribution in [3.05, 3.63) is 29.8 Å². The minimum absolute atomic E-state index is 0.0338. The van der Waals surface area contributed by atoms with Crippen LogP contribution in [0.4, 0.5) is 0 Å². The van der Waals surface area contributed by atoms with E-state index in [1.807, 2.05) is 24.3 Å². The van der Waals surface area contributed by atoms with Crippen LogP contribution in [0, 0.1) is 0 Å². The highest BCUT2D eigenvalue weighted by Crippen LogP contribution is 2.18. The quantitative estimate of drug-likeness (QED) is 0.713. The first kappa shape index (κ1) is 16.8. The van der Waals surface area contributed by atoms with E-state index in [0.717, 1.165) is 32.4 Å². The second kappa shape index (κ2) is 9.46. The molecule has 0 bridgehead atoms. The first-order chi connectivity index (χ1) is 10.8. The van der Waals surface area contributed by atoms with Crippen molar-refractivity contribution >= 4 is 5.91 Å². The molecule has 1 aliphatic rings. The Balaban J connectivity index is 1.75. The molecule has 22 heavy (non-hydrogen) atoms. The van der Waals surface area contributed by atoms with Gasteiger partial charge in [0.25, 0.3) is 5.91 Å². The standard InChI is InChI=1S/C18H28N2O2/c1-2-3-15-22-17-10-5-4-9-16(17)18(21)19-11-8-14-20-12-6-7-13-20/h4-5,9-10H,2-3,6-8,11-15H2,1H3,(H,19,21). The van der Waals surface area contributed by atoms with Gasteiger partial charge < -0.3 is 15.0 Å². The smallest absolute Gasteiger partial charge is 0.255 e. The van der Waals surface area contributed by atoms with Crippen LogP contribution in [-0.4, -0.2) is 43.6 Å². The molecule has 1 aromatic rings. The summed E-state index contributed by atoms with van der Waals surface area (Å²) < 4.78 is 5.72. The summed E-state index contributed by atoms with van der Waals surface area (Å²) in [4.78, 5) is 14.8. The average Bonchev–Trinajstić information content (AvgIpc) is 3.05. The predicted molar refractivity (Wildman–Crippen MR) is 89.5 cm³/mol. The topological polar surface area (TPSA) is 41.6 Å². The maximum atomic E-state index is 12.3. The Morgan fingerprint density at radius 1 is 1.23 bits per heavy atom. The van der Waals surface area contributed by atoms with Gasteiger partial charge in [-0.3, -0.25) is 4.79 Å². The molecule has 0 radical (unpaired) electrons. The zero-order chi connectivity index (χ0) is 15.6. The lowest BCUT2D eigenvalue weighted by Crippen LogP contribution is -2.29. The number of hydrogen-bond acceptors (Lipinski definition) is 3. The first-order valence-electron chi connectivity index (χ1n) is 8.53. The fourth-order valence-corrected chi connectivity index (χ4v) is 2.71. The molecule has 1 aliphatic heterocycles. The Morgan fingerprint density at radius 3 is 2.77 bits per heavy atom. The van der Waals surface area contributed by atoms with Crippen LogP contribution in [0.15, 0.2) is 24.3 Å². The monoisotopic (exact) mass is 304 g/mol. The molecule has 4 nitrogen and oxygen atoms in total. The van der Waals surface area contributed by atoms with Crippen molar-refractivity contribution in [1.82, 2.24) is 10.2 Å². The summed E-state index contributed by atoms with van der Waals surface area (Å²) in [5.41, 5.74) is 0.639. The minimum atomic E-state index is -0.0338. The molecule has 122 valence electrons. The van der Waals surface area contributed by atoms with Gasteiger partial charge in [0.05, 0.1) is 12.2 Å². The number of benzene rings is 1. The van der Waals surface area contributed by atoms with Crippen molar-refractivity contribution < 1.29 is 9.53 Å². The SMILES string of the molecule is CCCCOc1ccccc1C(=O)NCCCN1CCCC1. The van der Waals surface area contributed by atoms with Gasteiger partial charge in [0.1, 0.15) is 5.75 Å². The number of hydrogen-bond donors (Lipinski definition) is 1.